The van der Waals surface area contributed by atoms with Crippen molar-refractivity contribution in [2.24, 2.45) is 0 Å². The van der Waals surface area contributed by atoms with Gasteiger partial charge in [0.2, 0.25) is 0 Å². The molecule has 0 aromatic carbocycles. The molecule has 0 saturated heterocycles. The van der Waals surface area contributed by atoms with Crippen molar-refractivity contribution in [2.75, 3.05) is 26.2 Å². The molecule has 0 saturated carbocycles. The van der Waals surface area contributed by atoms with E-state index >= 15 is 0 Å². The Labute approximate surface area is 69.6 Å². The molecule has 0 unspecified atom stereocenters. The quantitative estimate of drug-likeness (QED) is 0.664. The molecule has 0 atom stereocenters. The van der Waals surface area contributed by atoms with Gasteiger partial charge in [-0.3, -0.25) is 0 Å². The lowest BCUT2D eigenvalue weighted by molar-refractivity contribution is 0.202. The van der Waals surface area contributed by atoms with Crippen LogP contribution < -0.4 is 0 Å². The van der Waals surface area contributed by atoms with E-state index in [-0.39, 0.29) is 19.0 Å². The van der Waals surface area contributed by atoms with Gasteiger partial charge in [-0.2, -0.15) is 0 Å². The predicted molar refractivity (Wildman–Crippen MR) is 46.7 cm³/mol. The maximum absolute atomic E-state index is 8.55. The van der Waals surface area contributed by atoms with Gasteiger partial charge < -0.3 is 10.0 Å². The monoisotopic (exact) mass is 167 g/mol. The molecule has 64 valence electrons. The number of aliphatic hydroxyl groups is 1. The maximum atomic E-state index is 8.55. The normalized spacial score (nSPS) is 9.60. The summed E-state index contributed by atoms with van der Waals surface area (Å²) in [5.74, 6) is 0. The van der Waals surface area contributed by atoms with E-state index in [1.165, 1.54) is 6.42 Å². The van der Waals surface area contributed by atoms with E-state index in [1.807, 2.05) is 0 Å². The number of hydrogen-bond donors (Lipinski definition) is 1. The molecule has 0 aliphatic carbocycles. The third-order valence-corrected chi connectivity index (χ3v) is 1.40. The first-order valence-corrected chi connectivity index (χ1v) is 3.68. The first kappa shape index (κ1) is 12.8. The molecule has 0 fully saturated rings. The molecule has 0 rings (SSSR count). The van der Waals surface area contributed by atoms with Crippen LogP contribution in [0.15, 0.2) is 0 Å². The van der Waals surface area contributed by atoms with E-state index < -0.39 is 0 Å². The summed E-state index contributed by atoms with van der Waals surface area (Å²) in [6.07, 6.45) is 1.17. The van der Waals surface area contributed by atoms with Gasteiger partial charge in [-0.15, -0.1) is 12.4 Å². The molecular weight excluding hydrogens is 150 g/mol. The standard InChI is InChI=1S/C7H17NO.ClH/c1-3-5-8(4-2)6-7-9;/h9H,3-7H2,1-2H3;1H. The van der Waals surface area contributed by atoms with E-state index in [0.29, 0.717) is 0 Å². The molecule has 0 heterocycles. The van der Waals surface area contributed by atoms with Gasteiger partial charge in [0.25, 0.3) is 0 Å². The van der Waals surface area contributed by atoms with Crippen molar-refractivity contribution in [1.82, 2.24) is 4.90 Å². The first-order chi connectivity index (χ1) is 4.35. The fourth-order valence-corrected chi connectivity index (χ4v) is 0.886. The van der Waals surface area contributed by atoms with Crippen molar-refractivity contribution < 1.29 is 5.11 Å². The Hall–Kier alpha value is 0.210. The van der Waals surface area contributed by atoms with Crippen LogP contribution in [0, 0.1) is 0 Å². The molecule has 0 bridgehead atoms. The molecule has 2 nitrogen and oxygen atoms in total. The maximum Gasteiger partial charge on any atom is 0.0558 e. The Bertz CT molecular complexity index is 55.6. The van der Waals surface area contributed by atoms with Crippen LogP contribution >= 0.6 is 12.4 Å². The SMILES string of the molecule is CCCN(CC)CCO.Cl. The van der Waals surface area contributed by atoms with Crippen LogP contribution in [0.1, 0.15) is 20.3 Å². The van der Waals surface area contributed by atoms with Crippen LogP contribution in [0.25, 0.3) is 0 Å². The van der Waals surface area contributed by atoms with Crippen LogP contribution in [-0.2, 0) is 0 Å². The lowest BCUT2D eigenvalue weighted by Gasteiger charge is -2.17. The van der Waals surface area contributed by atoms with E-state index in [9.17, 15) is 0 Å². The summed E-state index contributed by atoms with van der Waals surface area (Å²) in [6.45, 7) is 7.54. The van der Waals surface area contributed by atoms with Gasteiger partial charge in [0.05, 0.1) is 6.61 Å². The zero-order chi connectivity index (χ0) is 7.11. The third-order valence-electron chi connectivity index (χ3n) is 1.40. The summed E-state index contributed by atoms with van der Waals surface area (Å²) in [6, 6.07) is 0. The van der Waals surface area contributed by atoms with E-state index in [0.717, 1.165) is 19.6 Å². The molecule has 0 amide bonds. The van der Waals surface area contributed by atoms with Crippen molar-refractivity contribution in [3.05, 3.63) is 0 Å². The smallest absolute Gasteiger partial charge is 0.0558 e. The summed E-state index contributed by atoms with van der Waals surface area (Å²) in [7, 11) is 0. The van der Waals surface area contributed by atoms with E-state index in [1.54, 1.807) is 0 Å². The Kier molecular flexibility index (Phi) is 11.8. The first-order valence-electron chi connectivity index (χ1n) is 3.68. The summed E-state index contributed by atoms with van der Waals surface area (Å²) in [4.78, 5) is 2.24. The predicted octanol–water partition coefficient (Wildman–Crippen LogP) is 1.13. The van der Waals surface area contributed by atoms with Crippen molar-refractivity contribution in [1.29, 1.82) is 0 Å². The molecule has 0 aromatic heterocycles. The highest BCUT2D eigenvalue weighted by molar-refractivity contribution is 5.85. The van der Waals surface area contributed by atoms with Gasteiger partial charge in [0, 0.05) is 6.54 Å². The van der Waals surface area contributed by atoms with Crippen LogP contribution in [0.4, 0.5) is 0 Å². The molecule has 3 heteroatoms. The number of hydrogen-bond acceptors (Lipinski definition) is 2. The van der Waals surface area contributed by atoms with Crippen LogP contribution in [0.3, 0.4) is 0 Å². The molecular formula is C7H18ClNO. The molecule has 0 radical (unpaired) electrons. The van der Waals surface area contributed by atoms with Crippen LogP contribution in [0.5, 0.6) is 0 Å². The highest BCUT2D eigenvalue weighted by Gasteiger charge is 1.96. The molecule has 10 heavy (non-hydrogen) atoms. The average Bonchev–Trinajstić information content (AvgIpc) is 1.88. The fourth-order valence-electron chi connectivity index (χ4n) is 0.886. The van der Waals surface area contributed by atoms with Gasteiger partial charge >= 0.3 is 0 Å². The largest absolute Gasteiger partial charge is 0.395 e. The molecule has 0 aliphatic rings. The molecule has 0 spiro atoms. The second-order valence-corrected chi connectivity index (χ2v) is 2.16. The van der Waals surface area contributed by atoms with Gasteiger partial charge in [-0.25, -0.2) is 0 Å². The third kappa shape index (κ3) is 6.33. The minimum absolute atomic E-state index is 0. The number of nitrogens with zero attached hydrogens (tertiary/aromatic N) is 1. The number of halogens is 1. The Balaban J connectivity index is 0. The Morgan fingerprint density at radius 3 is 2.10 bits per heavy atom. The van der Waals surface area contributed by atoms with E-state index in [4.69, 9.17) is 5.11 Å². The molecule has 0 aromatic rings. The minimum atomic E-state index is 0. The van der Waals surface area contributed by atoms with Crippen molar-refractivity contribution >= 4 is 12.4 Å². The van der Waals surface area contributed by atoms with Crippen molar-refractivity contribution in [3.8, 4) is 0 Å². The van der Waals surface area contributed by atoms with Gasteiger partial charge in [0.15, 0.2) is 0 Å². The van der Waals surface area contributed by atoms with Gasteiger partial charge in [0.1, 0.15) is 0 Å². The second-order valence-electron chi connectivity index (χ2n) is 2.16. The number of aliphatic hydroxyl groups excluding tert-OH is 1. The highest BCUT2D eigenvalue weighted by atomic mass is 35.5. The number of rotatable bonds is 5. The summed E-state index contributed by atoms with van der Waals surface area (Å²) in [5.41, 5.74) is 0. The zero-order valence-electron chi connectivity index (χ0n) is 6.84. The van der Waals surface area contributed by atoms with Crippen LogP contribution in [-0.4, -0.2) is 36.2 Å². The second kappa shape index (κ2) is 9.21. The highest BCUT2D eigenvalue weighted by Crippen LogP contribution is 1.88. The summed E-state index contributed by atoms with van der Waals surface area (Å²) in [5, 5.41) is 8.55. The lowest BCUT2D eigenvalue weighted by atomic mass is 10.4. The minimum Gasteiger partial charge on any atom is -0.395 e. The average molecular weight is 168 g/mol. The lowest BCUT2D eigenvalue weighted by Crippen LogP contribution is -2.27. The van der Waals surface area contributed by atoms with Crippen LogP contribution in [0.2, 0.25) is 0 Å². The number of likely N-dealkylation sites (N-methyl/N-ethyl adjacent to an activating group) is 1. The summed E-state index contributed by atoms with van der Waals surface area (Å²) < 4.78 is 0. The van der Waals surface area contributed by atoms with E-state index in [2.05, 4.69) is 18.7 Å². The van der Waals surface area contributed by atoms with Crippen molar-refractivity contribution in [2.45, 2.75) is 20.3 Å². The van der Waals surface area contributed by atoms with Crippen molar-refractivity contribution in [3.63, 3.8) is 0 Å². The Morgan fingerprint density at radius 1 is 1.20 bits per heavy atom. The molecule has 1 N–H and O–H groups in total. The topological polar surface area (TPSA) is 23.5 Å². The Morgan fingerprint density at radius 2 is 1.80 bits per heavy atom. The van der Waals surface area contributed by atoms with Gasteiger partial charge in [-0.05, 0) is 19.5 Å². The summed E-state index contributed by atoms with van der Waals surface area (Å²) >= 11 is 0. The van der Waals surface area contributed by atoms with Gasteiger partial charge in [-0.1, -0.05) is 13.8 Å². The fraction of sp³-hybridized carbons (Fsp3) is 1.00. The zero-order valence-corrected chi connectivity index (χ0v) is 7.65. The molecule has 0 aliphatic heterocycles.